The third kappa shape index (κ3) is 4.30. The Labute approximate surface area is 206 Å². The van der Waals surface area contributed by atoms with Crippen LogP contribution in [0.5, 0.6) is 0 Å². The largest absolute Gasteiger partial charge is 0.368 e. The van der Waals surface area contributed by atoms with Crippen molar-refractivity contribution in [2.45, 2.75) is 20.3 Å². The van der Waals surface area contributed by atoms with Gasteiger partial charge in [0.2, 0.25) is 0 Å². The van der Waals surface area contributed by atoms with Crippen molar-refractivity contribution >= 4 is 28.8 Å². The van der Waals surface area contributed by atoms with Crippen LogP contribution in [0.1, 0.15) is 32.7 Å². The molecule has 0 atom stereocenters. The van der Waals surface area contributed by atoms with Gasteiger partial charge >= 0.3 is 0 Å². The number of fused-ring (bicyclic) bond motifs is 1. The van der Waals surface area contributed by atoms with Gasteiger partial charge in [0.15, 0.2) is 5.65 Å². The van der Waals surface area contributed by atoms with Gasteiger partial charge in [-0.15, -0.1) is 0 Å². The molecule has 0 unspecified atom stereocenters. The first kappa shape index (κ1) is 23.1. The first-order chi connectivity index (χ1) is 16.8. The number of carbonyl (C=O) groups excluding carboxylic acids is 1. The van der Waals surface area contributed by atoms with Crippen LogP contribution in [-0.2, 0) is 6.42 Å². The highest BCUT2D eigenvalue weighted by Crippen LogP contribution is 2.26. The van der Waals surface area contributed by atoms with Crippen molar-refractivity contribution in [1.29, 1.82) is 0 Å². The number of hydrogen-bond donors (Lipinski definition) is 1. The number of H-pyrrole nitrogens is 1. The van der Waals surface area contributed by atoms with Crippen LogP contribution in [0.3, 0.4) is 0 Å². The fourth-order valence-corrected chi connectivity index (χ4v) is 4.76. The molecule has 3 heterocycles. The standard InChI is InChI=1S/C26H25ClFN5O2/c1-16-7-8-19(27)14-23(16)31-9-11-32(12-10-31)25(34)21-15-29-33-24(21)30-17(2)20(26(33)35)13-18-5-3-4-6-22(18)28/h3-8,14-15,29H,9-13H2,1-2H3. The summed E-state index contributed by atoms with van der Waals surface area (Å²) in [5.41, 5.74) is 3.78. The minimum absolute atomic E-state index is 0.125. The number of anilines is 1. The minimum Gasteiger partial charge on any atom is -0.368 e. The van der Waals surface area contributed by atoms with Gasteiger partial charge in [0.25, 0.3) is 11.5 Å². The van der Waals surface area contributed by atoms with Crippen molar-refractivity contribution in [3.05, 3.63) is 97.8 Å². The molecule has 0 spiro atoms. The number of hydrogen-bond acceptors (Lipinski definition) is 4. The Morgan fingerprint density at radius 1 is 1.11 bits per heavy atom. The molecule has 1 fully saturated rings. The average molecular weight is 494 g/mol. The van der Waals surface area contributed by atoms with Gasteiger partial charge in [0.05, 0.1) is 0 Å². The van der Waals surface area contributed by atoms with Crippen LogP contribution < -0.4 is 10.5 Å². The Morgan fingerprint density at radius 3 is 2.60 bits per heavy atom. The number of halogens is 2. The third-order valence-electron chi connectivity index (χ3n) is 6.60. The van der Waals surface area contributed by atoms with Crippen LogP contribution in [0.2, 0.25) is 5.02 Å². The summed E-state index contributed by atoms with van der Waals surface area (Å²) in [5, 5.41) is 3.55. The van der Waals surface area contributed by atoms with E-state index in [-0.39, 0.29) is 29.4 Å². The fourth-order valence-electron chi connectivity index (χ4n) is 4.59. The molecule has 2 aromatic heterocycles. The lowest BCUT2D eigenvalue weighted by Crippen LogP contribution is -2.49. The molecule has 1 aliphatic rings. The molecule has 2 aromatic carbocycles. The Kier molecular flexibility index (Phi) is 6.06. The van der Waals surface area contributed by atoms with Crippen LogP contribution in [-0.4, -0.2) is 51.6 Å². The zero-order valence-electron chi connectivity index (χ0n) is 19.5. The predicted octanol–water partition coefficient (Wildman–Crippen LogP) is 3.99. The van der Waals surface area contributed by atoms with Gasteiger partial charge < -0.3 is 9.80 Å². The van der Waals surface area contributed by atoms with Crippen LogP contribution in [0.25, 0.3) is 5.65 Å². The normalized spacial score (nSPS) is 14.1. The van der Waals surface area contributed by atoms with E-state index in [1.165, 1.54) is 16.8 Å². The molecular formula is C26H25ClFN5O2. The number of benzene rings is 2. The summed E-state index contributed by atoms with van der Waals surface area (Å²) in [6.07, 6.45) is 1.65. The molecule has 1 aliphatic heterocycles. The van der Waals surface area contributed by atoms with E-state index >= 15 is 0 Å². The second kappa shape index (κ2) is 9.19. The van der Waals surface area contributed by atoms with E-state index in [2.05, 4.69) is 15.0 Å². The van der Waals surface area contributed by atoms with Crippen LogP contribution in [0.15, 0.2) is 53.5 Å². The molecule has 5 rings (SSSR count). The summed E-state index contributed by atoms with van der Waals surface area (Å²) >= 11 is 6.18. The highest BCUT2D eigenvalue weighted by molar-refractivity contribution is 6.30. The molecule has 7 nitrogen and oxygen atoms in total. The molecule has 1 saturated heterocycles. The number of amides is 1. The maximum atomic E-state index is 14.1. The molecule has 0 aliphatic carbocycles. The Morgan fingerprint density at radius 2 is 1.86 bits per heavy atom. The minimum atomic E-state index is -0.370. The zero-order chi connectivity index (χ0) is 24.7. The molecule has 1 amide bonds. The smallest absolute Gasteiger partial charge is 0.276 e. The van der Waals surface area contributed by atoms with Crippen LogP contribution >= 0.6 is 11.6 Å². The van der Waals surface area contributed by atoms with E-state index in [1.54, 1.807) is 30.0 Å². The predicted molar refractivity (Wildman–Crippen MR) is 134 cm³/mol. The lowest BCUT2D eigenvalue weighted by atomic mass is 10.0. The molecule has 4 aromatic rings. The highest BCUT2D eigenvalue weighted by atomic mass is 35.5. The second-order valence-electron chi connectivity index (χ2n) is 8.81. The van der Waals surface area contributed by atoms with Crippen molar-refractivity contribution < 1.29 is 9.18 Å². The zero-order valence-corrected chi connectivity index (χ0v) is 20.3. The SMILES string of the molecule is Cc1ccc(Cl)cc1N1CCN(C(=O)c2c[nH]n3c(=O)c(Cc4ccccc4F)c(C)nc23)CC1. The number of carbonyl (C=O) groups is 1. The number of nitrogens with zero attached hydrogens (tertiary/aromatic N) is 4. The molecule has 180 valence electrons. The quantitative estimate of drug-likeness (QED) is 0.466. The molecule has 0 saturated carbocycles. The third-order valence-corrected chi connectivity index (χ3v) is 6.83. The average Bonchev–Trinajstić information content (AvgIpc) is 3.28. The van der Waals surface area contributed by atoms with Gasteiger partial charge in [-0.05, 0) is 43.2 Å². The molecule has 1 N–H and O–H groups in total. The van der Waals surface area contributed by atoms with Gasteiger partial charge in [-0.1, -0.05) is 35.9 Å². The highest BCUT2D eigenvalue weighted by Gasteiger charge is 2.26. The summed E-state index contributed by atoms with van der Waals surface area (Å²) in [6, 6.07) is 12.2. The number of nitrogens with one attached hydrogen (secondary N) is 1. The van der Waals surface area contributed by atoms with Gasteiger partial charge in [-0.25, -0.2) is 13.9 Å². The van der Waals surface area contributed by atoms with Crippen molar-refractivity contribution in [2.75, 3.05) is 31.1 Å². The van der Waals surface area contributed by atoms with Gasteiger partial charge in [-0.2, -0.15) is 0 Å². The first-order valence-corrected chi connectivity index (χ1v) is 11.8. The van der Waals surface area contributed by atoms with E-state index < -0.39 is 0 Å². The van der Waals surface area contributed by atoms with Gasteiger partial charge in [0.1, 0.15) is 11.4 Å². The molecule has 9 heteroatoms. The van der Waals surface area contributed by atoms with E-state index in [0.717, 1.165) is 11.3 Å². The maximum absolute atomic E-state index is 14.1. The monoisotopic (exact) mass is 493 g/mol. The molecular weight excluding hydrogens is 469 g/mol. The fraction of sp³-hybridized carbons (Fsp3) is 0.269. The van der Waals surface area contributed by atoms with Gasteiger partial charge in [-0.3, -0.25) is 14.7 Å². The lowest BCUT2D eigenvalue weighted by Gasteiger charge is -2.36. The van der Waals surface area contributed by atoms with Crippen molar-refractivity contribution in [2.24, 2.45) is 0 Å². The topological polar surface area (TPSA) is 73.7 Å². The van der Waals surface area contributed by atoms with E-state index in [1.807, 2.05) is 25.1 Å². The van der Waals surface area contributed by atoms with Crippen molar-refractivity contribution in [3.8, 4) is 0 Å². The molecule has 35 heavy (non-hydrogen) atoms. The Hall–Kier alpha value is -3.65. The maximum Gasteiger partial charge on any atom is 0.276 e. The Bertz CT molecular complexity index is 1490. The van der Waals surface area contributed by atoms with Crippen molar-refractivity contribution in [3.63, 3.8) is 0 Å². The number of aromatic nitrogens is 3. The van der Waals surface area contributed by atoms with E-state index in [9.17, 15) is 14.0 Å². The van der Waals surface area contributed by atoms with Crippen LogP contribution in [0, 0.1) is 19.7 Å². The molecule has 0 radical (unpaired) electrons. The van der Waals surface area contributed by atoms with E-state index in [4.69, 9.17) is 11.6 Å². The van der Waals surface area contributed by atoms with Gasteiger partial charge in [0, 0.05) is 60.8 Å². The van der Waals surface area contributed by atoms with E-state index in [0.29, 0.717) is 53.6 Å². The number of piperazine rings is 1. The number of rotatable bonds is 4. The first-order valence-electron chi connectivity index (χ1n) is 11.5. The van der Waals surface area contributed by atoms with Crippen molar-refractivity contribution in [1.82, 2.24) is 19.5 Å². The van der Waals surface area contributed by atoms with Crippen LogP contribution in [0.4, 0.5) is 10.1 Å². The summed E-state index contributed by atoms with van der Waals surface area (Å²) in [5.74, 6) is -0.551. The Balaban J connectivity index is 1.38. The second-order valence-corrected chi connectivity index (χ2v) is 9.24. The summed E-state index contributed by atoms with van der Waals surface area (Å²) in [6.45, 7) is 6.18. The lowest BCUT2D eigenvalue weighted by molar-refractivity contribution is 0.0748. The number of aromatic amines is 1. The summed E-state index contributed by atoms with van der Waals surface area (Å²) < 4.78 is 15.4. The molecule has 0 bridgehead atoms. The summed E-state index contributed by atoms with van der Waals surface area (Å²) in [4.78, 5) is 35.1. The number of aryl methyl sites for hydroxylation is 2. The summed E-state index contributed by atoms with van der Waals surface area (Å²) in [7, 11) is 0.